The Morgan fingerprint density at radius 3 is 2.44 bits per heavy atom. The predicted molar refractivity (Wildman–Crippen MR) is 95.0 cm³/mol. The smallest absolute Gasteiger partial charge is 0.390 e. The maximum absolute atomic E-state index is 11.9. The largest absolute Gasteiger partial charge is 0.437 e. The van der Waals surface area contributed by atoms with Crippen molar-refractivity contribution >= 4 is 0 Å². The third kappa shape index (κ3) is 4.65. The molecule has 1 aromatic heterocycles. The van der Waals surface area contributed by atoms with Gasteiger partial charge in [-0.2, -0.15) is 4.68 Å². The molecule has 0 aliphatic carbocycles. The zero-order valence-electron chi connectivity index (χ0n) is 14.1. The Morgan fingerprint density at radius 1 is 1.12 bits per heavy atom. The van der Waals surface area contributed by atoms with Gasteiger partial charge in [-0.05, 0) is 24.7 Å². The molecule has 1 N–H and O–H groups in total. The van der Waals surface area contributed by atoms with Crippen LogP contribution in [0.5, 0.6) is 0 Å². The van der Waals surface area contributed by atoms with Gasteiger partial charge in [0, 0.05) is 18.7 Å². The Morgan fingerprint density at radius 2 is 1.76 bits per heavy atom. The van der Waals surface area contributed by atoms with Crippen molar-refractivity contribution in [3.63, 3.8) is 0 Å². The minimum Gasteiger partial charge on any atom is -0.390 e. The van der Waals surface area contributed by atoms with Crippen molar-refractivity contribution in [3.8, 4) is 11.5 Å². The highest BCUT2D eigenvalue weighted by molar-refractivity contribution is 5.51. The van der Waals surface area contributed by atoms with Crippen molar-refractivity contribution in [3.05, 3.63) is 76.8 Å². The van der Waals surface area contributed by atoms with E-state index >= 15 is 0 Å². The van der Waals surface area contributed by atoms with Crippen LogP contribution in [0.1, 0.15) is 5.56 Å². The monoisotopic (exact) mass is 339 g/mol. The molecule has 0 aliphatic rings. The summed E-state index contributed by atoms with van der Waals surface area (Å²) in [4.78, 5) is 13.9. The molecule has 1 atom stereocenters. The number of aromatic nitrogens is 2. The summed E-state index contributed by atoms with van der Waals surface area (Å²) in [6, 6.07) is 19.2. The summed E-state index contributed by atoms with van der Waals surface area (Å²) in [7, 11) is 1.93. The molecule has 0 saturated carbocycles. The van der Waals surface area contributed by atoms with E-state index in [2.05, 4.69) is 5.10 Å². The molecular formula is C19H21N3O3. The van der Waals surface area contributed by atoms with Gasteiger partial charge in [-0.3, -0.25) is 4.90 Å². The maximum Gasteiger partial charge on any atom is 0.437 e. The topological polar surface area (TPSA) is 71.5 Å². The molecular weight excluding hydrogens is 318 g/mol. The van der Waals surface area contributed by atoms with E-state index in [0.29, 0.717) is 6.54 Å². The number of likely N-dealkylation sites (N-methyl/N-ethyl adjacent to an activating group) is 1. The summed E-state index contributed by atoms with van der Waals surface area (Å²) < 4.78 is 6.34. The van der Waals surface area contributed by atoms with E-state index in [-0.39, 0.29) is 12.4 Å². The first kappa shape index (κ1) is 17.1. The molecule has 0 amide bonds. The quantitative estimate of drug-likeness (QED) is 0.713. The first-order valence-electron chi connectivity index (χ1n) is 8.16. The number of hydrogen-bond donors (Lipinski definition) is 1. The molecule has 0 spiro atoms. The van der Waals surface area contributed by atoms with Gasteiger partial charge >= 0.3 is 5.76 Å². The number of aliphatic hydroxyl groups is 1. The van der Waals surface area contributed by atoms with Gasteiger partial charge in [-0.1, -0.05) is 48.5 Å². The zero-order chi connectivity index (χ0) is 17.6. The summed E-state index contributed by atoms with van der Waals surface area (Å²) in [5.41, 5.74) is 1.90. The van der Waals surface area contributed by atoms with Crippen LogP contribution in [0.25, 0.3) is 11.5 Å². The van der Waals surface area contributed by atoms with Gasteiger partial charge in [0.25, 0.3) is 0 Å². The van der Waals surface area contributed by atoms with Crippen molar-refractivity contribution in [2.45, 2.75) is 19.2 Å². The van der Waals surface area contributed by atoms with Crippen LogP contribution in [0.4, 0.5) is 0 Å². The van der Waals surface area contributed by atoms with Crippen LogP contribution in [0, 0.1) is 0 Å². The average Bonchev–Trinajstić information content (AvgIpc) is 2.97. The lowest BCUT2D eigenvalue weighted by molar-refractivity contribution is 0.102. The number of hydrogen-bond acceptors (Lipinski definition) is 5. The number of rotatable bonds is 7. The fourth-order valence-corrected chi connectivity index (χ4v) is 2.70. The normalized spacial score (nSPS) is 12.4. The molecule has 3 rings (SSSR count). The second-order valence-electron chi connectivity index (χ2n) is 6.06. The Balaban J connectivity index is 1.60. The summed E-state index contributed by atoms with van der Waals surface area (Å²) in [5, 5.41) is 14.4. The Bertz CT molecular complexity index is 843. The lowest BCUT2D eigenvalue weighted by Gasteiger charge is -2.20. The first-order valence-corrected chi connectivity index (χ1v) is 8.16. The van der Waals surface area contributed by atoms with Crippen molar-refractivity contribution in [1.29, 1.82) is 0 Å². The summed E-state index contributed by atoms with van der Waals surface area (Å²) in [6.07, 6.45) is -0.722. The third-order valence-electron chi connectivity index (χ3n) is 3.83. The van der Waals surface area contributed by atoms with E-state index in [1.807, 2.05) is 72.6 Å². The highest BCUT2D eigenvalue weighted by Gasteiger charge is 2.15. The molecule has 0 radical (unpaired) electrons. The van der Waals surface area contributed by atoms with Gasteiger partial charge in [0.05, 0.1) is 12.6 Å². The molecule has 1 heterocycles. The second kappa shape index (κ2) is 7.92. The van der Waals surface area contributed by atoms with Gasteiger partial charge in [0.15, 0.2) is 0 Å². The van der Waals surface area contributed by atoms with Crippen molar-refractivity contribution in [1.82, 2.24) is 14.7 Å². The van der Waals surface area contributed by atoms with E-state index in [1.54, 1.807) is 0 Å². The molecule has 0 unspecified atom stereocenters. The van der Waals surface area contributed by atoms with Gasteiger partial charge in [-0.15, -0.1) is 5.10 Å². The fourth-order valence-electron chi connectivity index (χ4n) is 2.70. The first-order chi connectivity index (χ1) is 12.1. The number of benzene rings is 2. The molecule has 6 nitrogen and oxygen atoms in total. The van der Waals surface area contributed by atoms with Crippen molar-refractivity contribution in [2.24, 2.45) is 0 Å². The van der Waals surface area contributed by atoms with Crippen LogP contribution in [0.3, 0.4) is 0 Å². The van der Waals surface area contributed by atoms with Crippen molar-refractivity contribution < 1.29 is 9.52 Å². The molecule has 0 fully saturated rings. The summed E-state index contributed by atoms with van der Waals surface area (Å²) in [5.74, 6) is -0.306. The van der Waals surface area contributed by atoms with Gasteiger partial charge in [0.1, 0.15) is 0 Å². The van der Waals surface area contributed by atoms with Gasteiger partial charge in [-0.25, -0.2) is 4.79 Å². The average molecular weight is 339 g/mol. The minimum absolute atomic E-state index is 0.0916. The van der Waals surface area contributed by atoms with Crippen LogP contribution in [0.2, 0.25) is 0 Å². The Labute approximate surface area is 145 Å². The van der Waals surface area contributed by atoms with E-state index in [9.17, 15) is 9.90 Å². The fraction of sp³-hybridized carbons (Fsp3) is 0.263. The van der Waals surface area contributed by atoms with Crippen LogP contribution in [-0.4, -0.2) is 39.5 Å². The molecule has 0 saturated heterocycles. The lowest BCUT2D eigenvalue weighted by atomic mass is 10.2. The van der Waals surface area contributed by atoms with E-state index in [0.717, 1.165) is 12.1 Å². The zero-order valence-corrected chi connectivity index (χ0v) is 14.1. The minimum atomic E-state index is -0.722. The third-order valence-corrected chi connectivity index (χ3v) is 3.83. The SMILES string of the molecule is CN(Cc1ccccc1)C[C@H](O)Cn1nc(-c2ccccc2)oc1=O. The van der Waals surface area contributed by atoms with Crippen LogP contribution >= 0.6 is 0 Å². The number of nitrogens with zero attached hydrogens (tertiary/aromatic N) is 3. The molecule has 3 aromatic rings. The van der Waals surface area contributed by atoms with Crippen LogP contribution in [-0.2, 0) is 13.1 Å². The Kier molecular flexibility index (Phi) is 5.42. The van der Waals surface area contributed by atoms with Crippen LogP contribution < -0.4 is 5.76 Å². The van der Waals surface area contributed by atoms with E-state index in [4.69, 9.17) is 4.42 Å². The summed E-state index contributed by atoms with van der Waals surface area (Å²) >= 11 is 0. The molecule has 2 aromatic carbocycles. The molecule has 0 bridgehead atoms. The molecule has 0 aliphatic heterocycles. The summed E-state index contributed by atoms with van der Waals surface area (Å²) in [6.45, 7) is 1.24. The standard InChI is InChI=1S/C19H21N3O3/c1-21(12-15-8-4-2-5-9-15)13-17(23)14-22-19(24)25-18(20-22)16-10-6-3-7-11-16/h2-11,17,23H,12-14H2,1H3/t17-/m0/s1. The highest BCUT2D eigenvalue weighted by Crippen LogP contribution is 2.14. The lowest BCUT2D eigenvalue weighted by Crippen LogP contribution is -2.34. The Hall–Kier alpha value is -2.70. The molecule has 6 heteroatoms. The maximum atomic E-state index is 11.9. The second-order valence-corrected chi connectivity index (χ2v) is 6.06. The van der Waals surface area contributed by atoms with E-state index in [1.165, 1.54) is 10.2 Å². The van der Waals surface area contributed by atoms with Gasteiger partial charge in [0.2, 0.25) is 5.89 Å². The van der Waals surface area contributed by atoms with Gasteiger partial charge < -0.3 is 9.52 Å². The predicted octanol–water partition coefficient (Wildman–Crippen LogP) is 2.00. The molecule has 25 heavy (non-hydrogen) atoms. The molecule has 130 valence electrons. The van der Waals surface area contributed by atoms with Crippen molar-refractivity contribution in [2.75, 3.05) is 13.6 Å². The number of aliphatic hydroxyl groups excluding tert-OH is 1. The van der Waals surface area contributed by atoms with Crippen LogP contribution in [0.15, 0.2) is 69.9 Å². The van der Waals surface area contributed by atoms with E-state index < -0.39 is 11.9 Å². The highest BCUT2D eigenvalue weighted by atomic mass is 16.4.